The molecule has 0 aliphatic rings. The summed E-state index contributed by atoms with van der Waals surface area (Å²) in [5.41, 5.74) is 0. The van der Waals surface area contributed by atoms with Gasteiger partial charge >= 0.3 is 5.97 Å². The summed E-state index contributed by atoms with van der Waals surface area (Å²) in [6.45, 7) is 4.63. The Kier molecular flexibility index (Phi) is 6.08. The maximum atomic E-state index is 12.1. The molecule has 6 nitrogen and oxygen atoms in total. The van der Waals surface area contributed by atoms with Crippen molar-refractivity contribution in [3.05, 3.63) is 24.2 Å². The number of hydrogen-bond acceptors (Lipinski definition) is 5. The Hall–Kier alpha value is -1.82. The quantitative estimate of drug-likeness (QED) is 0.744. The highest BCUT2D eigenvalue weighted by Gasteiger charge is 2.25. The van der Waals surface area contributed by atoms with Gasteiger partial charge < -0.3 is 19.4 Å². The fourth-order valence-electron chi connectivity index (χ4n) is 1.66. The van der Waals surface area contributed by atoms with Crippen LogP contribution in [0.1, 0.15) is 24.4 Å². The van der Waals surface area contributed by atoms with E-state index >= 15 is 0 Å². The Morgan fingerprint density at radius 3 is 2.68 bits per heavy atom. The Bertz CT molecular complexity index is 403. The molecule has 1 aromatic heterocycles. The fraction of sp³-hybridized carbons (Fsp3) is 0.538. The van der Waals surface area contributed by atoms with Crippen LogP contribution in [0, 0.1) is 0 Å². The molecule has 1 atom stereocenters. The second-order valence-electron chi connectivity index (χ2n) is 3.91. The lowest BCUT2D eigenvalue weighted by atomic mass is 10.2. The number of rotatable bonds is 7. The number of ether oxygens (including phenoxy) is 1. The number of amides is 1. The summed E-state index contributed by atoms with van der Waals surface area (Å²) in [4.78, 5) is 25.3. The lowest BCUT2D eigenvalue weighted by molar-refractivity contribution is -0.145. The van der Waals surface area contributed by atoms with Crippen LogP contribution < -0.4 is 5.32 Å². The highest BCUT2D eigenvalue weighted by Crippen LogP contribution is 2.06. The van der Waals surface area contributed by atoms with Crippen LogP contribution in [-0.2, 0) is 9.53 Å². The van der Waals surface area contributed by atoms with Crippen molar-refractivity contribution in [1.29, 1.82) is 0 Å². The topological polar surface area (TPSA) is 71.8 Å². The standard InChI is InChI=1S/C13H20N2O4/c1-4-15(12(16)11-7-6-8-19-11)9-10(14-3)13(17)18-5-2/h6-8,10,14H,4-5,9H2,1-3H3. The molecule has 0 spiro atoms. The Morgan fingerprint density at radius 2 is 2.21 bits per heavy atom. The van der Waals surface area contributed by atoms with Gasteiger partial charge in [0.05, 0.1) is 12.9 Å². The molecule has 0 aromatic carbocycles. The smallest absolute Gasteiger partial charge is 0.324 e. The molecule has 0 radical (unpaired) electrons. The van der Waals surface area contributed by atoms with Crippen LogP contribution in [0.4, 0.5) is 0 Å². The molecule has 106 valence electrons. The van der Waals surface area contributed by atoms with Gasteiger partial charge in [-0.25, -0.2) is 0 Å². The van der Waals surface area contributed by atoms with Crippen molar-refractivity contribution in [2.45, 2.75) is 19.9 Å². The van der Waals surface area contributed by atoms with E-state index in [9.17, 15) is 9.59 Å². The van der Waals surface area contributed by atoms with Crippen LogP contribution in [0.15, 0.2) is 22.8 Å². The minimum absolute atomic E-state index is 0.239. The molecule has 0 aliphatic heterocycles. The highest BCUT2D eigenvalue weighted by molar-refractivity contribution is 5.91. The zero-order chi connectivity index (χ0) is 14.3. The number of carbonyl (C=O) groups excluding carboxylic acids is 2. The molecule has 19 heavy (non-hydrogen) atoms. The molecule has 0 bridgehead atoms. The summed E-state index contributed by atoms with van der Waals surface area (Å²) >= 11 is 0. The molecule has 0 aliphatic carbocycles. The third-order valence-corrected chi connectivity index (χ3v) is 2.72. The van der Waals surface area contributed by atoms with Gasteiger partial charge in [0.25, 0.3) is 5.91 Å². The van der Waals surface area contributed by atoms with Gasteiger partial charge in [-0.1, -0.05) is 0 Å². The lowest BCUT2D eigenvalue weighted by Crippen LogP contribution is -2.47. The van der Waals surface area contributed by atoms with Gasteiger partial charge in [-0.15, -0.1) is 0 Å². The van der Waals surface area contributed by atoms with E-state index in [-0.39, 0.29) is 24.2 Å². The predicted octanol–water partition coefficient (Wildman–Crippen LogP) is 0.893. The van der Waals surface area contributed by atoms with Crippen molar-refractivity contribution >= 4 is 11.9 Å². The molecular formula is C13H20N2O4. The number of carbonyl (C=O) groups is 2. The first-order chi connectivity index (χ1) is 9.13. The van der Waals surface area contributed by atoms with Crippen molar-refractivity contribution in [2.24, 2.45) is 0 Å². The van der Waals surface area contributed by atoms with Gasteiger partial charge in [-0.05, 0) is 33.0 Å². The van der Waals surface area contributed by atoms with Crippen molar-refractivity contribution in [1.82, 2.24) is 10.2 Å². The number of esters is 1. The van der Waals surface area contributed by atoms with E-state index in [1.807, 2.05) is 6.92 Å². The van der Waals surface area contributed by atoms with Crippen LogP contribution in [0.5, 0.6) is 0 Å². The largest absolute Gasteiger partial charge is 0.465 e. The normalized spacial score (nSPS) is 11.9. The van der Waals surface area contributed by atoms with Crippen LogP contribution >= 0.6 is 0 Å². The van der Waals surface area contributed by atoms with Gasteiger partial charge in [-0.3, -0.25) is 9.59 Å². The van der Waals surface area contributed by atoms with Crippen LogP contribution in [0.3, 0.4) is 0 Å². The minimum atomic E-state index is -0.543. The number of nitrogens with one attached hydrogen (secondary N) is 1. The molecule has 6 heteroatoms. The van der Waals surface area contributed by atoms with Crippen LogP contribution in [-0.4, -0.2) is 49.6 Å². The summed E-state index contributed by atoms with van der Waals surface area (Å²) in [6.07, 6.45) is 1.45. The maximum Gasteiger partial charge on any atom is 0.324 e. The van der Waals surface area contributed by atoms with E-state index < -0.39 is 6.04 Å². The molecule has 1 heterocycles. The third kappa shape index (κ3) is 4.10. The van der Waals surface area contributed by atoms with E-state index in [0.29, 0.717) is 13.2 Å². The van der Waals surface area contributed by atoms with Gasteiger partial charge in [0.1, 0.15) is 6.04 Å². The van der Waals surface area contributed by atoms with Gasteiger partial charge in [0, 0.05) is 13.1 Å². The number of hydrogen-bond donors (Lipinski definition) is 1. The zero-order valence-electron chi connectivity index (χ0n) is 11.5. The van der Waals surface area contributed by atoms with Gasteiger partial charge in [0.2, 0.25) is 0 Å². The average Bonchev–Trinajstić information content (AvgIpc) is 2.93. The van der Waals surface area contributed by atoms with Crippen molar-refractivity contribution in [3.63, 3.8) is 0 Å². The first-order valence-corrected chi connectivity index (χ1v) is 6.30. The highest BCUT2D eigenvalue weighted by atomic mass is 16.5. The number of likely N-dealkylation sites (N-methyl/N-ethyl adjacent to an activating group) is 2. The van der Waals surface area contributed by atoms with Crippen LogP contribution in [0.2, 0.25) is 0 Å². The molecule has 1 N–H and O–H groups in total. The lowest BCUT2D eigenvalue weighted by Gasteiger charge is -2.24. The zero-order valence-corrected chi connectivity index (χ0v) is 11.5. The summed E-state index contributed by atoms with van der Waals surface area (Å²) in [5, 5.41) is 2.85. The molecule has 0 saturated heterocycles. The molecule has 1 amide bonds. The van der Waals surface area contributed by atoms with E-state index in [1.165, 1.54) is 11.2 Å². The average molecular weight is 268 g/mol. The summed E-state index contributed by atoms with van der Waals surface area (Å²) < 4.78 is 10.0. The molecule has 0 fully saturated rings. The van der Waals surface area contributed by atoms with E-state index in [1.54, 1.807) is 26.1 Å². The fourth-order valence-corrected chi connectivity index (χ4v) is 1.66. The first-order valence-electron chi connectivity index (χ1n) is 6.30. The van der Waals surface area contributed by atoms with Crippen LogP contribution in [0.25, 0.3) is 0 Å². The Morgan fingerprint density at radius 1 is 1.47 bits per heavy atom. The predicted molar refractivity (Wildman–Crippen MR) is 69.8 cm³/mol. The van der Waals surface area contributed by atoms with Crippen molar-refractivity contribution < 1.29 is 18.7 Å². The molecule has 0 saturated carbocycles. The van der Waals surface area contributed by atoms with E-state index in [0.717, 1.165) is 0 Å². The first kappa shape index (κ1) is 15.2. The molecule has 1 unspecified atom stereocenters. The summed E-state index contributed by atoms with van der Waals surface area (Å²) in [6, 6.07) is 2.71. The van der Waals surface area contributed by atoms with Crippen molar-refractivity contribution in [3.8, 4) is 0 Å². The molecular weight excluding hydrogens is 248 g/mol. The third-order valence-electron chi connectivity index (χ3n) is 2.72. The van der Waals surface area contributed by atoms with Gasteiger partial charge in [-0.2, -0.15) is 0 Å². The minimum Gasteiger partial charge on any atom is -0.465 e. The number of furan rings is 1. The van der Waals surface area contributed by atoms with E-state index in [2.05, 4.69) is 5.32 Å². The van der Waals surface area contributed by atoms with Crippen molar-refractivity contribution in [2.75, 3.05) is 26.7 Å². The summed E-state index contributed by atoms with van der Waals surface area (Å²) in [5.74, 6) is -0.340. The van der Waals surface area contributed by atoms with Gasteiger partial charge in [0.15, 0.2) is 5.76 Å². The Balaban J connectivity index is 2.69. The second kappa shape index (κ2) is 7.58. The molecule has 1 aromatic rings. The molecule has 1 rings (SSSR count). The monoisotopic (exact) mass is 268 g/mol. The second-order valence-corrected chi connectivity index (χ2v) is 3.91. The number of nitrogens with zero attached hydrogens (tertiary/aromatic N) is 1. The SMILES string of the molecule is CCOC(=O)C(CN(CC)C(=O)c1ccco1)NC. The maximum absolute atomic E-state index is 12.1. The van der Waals surface area contributed by atoms with E-state index in [4.69, 9.17) is 9.15 Å². The summed E-state index contributed by atoms with van der Waals surface area (Å²) in [7, 11) is 1.66. The Labute approximate surface area is 112 Å².